The summed E-state index contributed by atoms with van der Waals surface area (Å²) in [5, 5.41) is 31.6. The summed E-state index contributed by atoms with van der Waals surface area (Å²) in [6, 6.07) is 93.9. The van der Waals surface area contributed by atoms with Crippen LogP contribution in [0.15, 0.2) is 348 Å². The van der Waals surface area contributed by atoms with Gasteiger partial charge in [-0.1, -0.05) is 163 Å². The second-order valence-corrected chi connectivity index (χ2v) is 34.8. The van der Waals surface area contributed by atoms with Crippen LogP contribution in [0.2, 0.25) is 0 Å². The predicted octanol–water partition coefficient (Wildman–Crippen LogP) is 25.5. The number of aliphatic hydroxyl groups excluding tert-OH is 2. The molecule has 1 fully saturated rings. The Bertz CT molecular complexity index is 7640. The van der Waals surface area contributed by atoms with E-state index >= 15 is 0 Å². The Hall–Kier alpha value is -14.4. The molecule has 758 valence electrons. The van der Waals surface area contributed by atoms with Crippen LogP contribution in [0.5, 0.6) is 11.5 Å². The summed E-state index contributed by atoms with van der Waals surface area (Å²) in [7, 11) is 3.62. The third-order valence-electron chi connectivity index (χ3n) is 22.8. The number of para-hydroxylation sites is 3. The van der Waals surface area contributed by atoms with Crippen LogP contribution in [-0.2, 0) is 107 Å². The van der Waals surface area contributed by atoms with E-state index in [1.807, 2.05) is 214 Å². The second kappa shape index (κ2) is 54.2. The van der Waals surface area contributed by atoms with E-state index in [4.69, 9.17) is 55.1 Å². The first-order chi connectivity index (χ1) is 69.0. The number of hydrogen-bond acceptors (Lipinski definition) is 19. The van der Waals surface area contributed by atoms with Gasteiger partial charge in [0.2, 0.25) is 0 Å². The first-order valence-electron chi connectivity index (χ1n) is 45.4. The van der Waals surface area contributed by atoms with E-state index in [1.165, 1.54) is 108 Å². The van der Waals surface area contributed by atoms with Crippen LogP contribution in [0.25, 0.3) is 113 Å². The summed E-state index contributed by atoms with van der Waals surface area (Å²) < 4.78 is 38.4. The number of carboxylic acids is 1. The van der Waals surface area contributed by atoms with Gasteiger partial charge in [-0.25, -0.2) is 9.78 Å². The molecular weight excluding hydrogens is 2650 g/mol. The maximum atomic E-state index is 13.6. The van der Waals surface area contributed by atoms with Crippen molar-refractivity contribution in [3.63, 3.8) is 0 Å². The molecule has 4 atom stereocenters. The fraction of sp³-hybridized carbons (Fsp3) is 0.155. The standard InChI is InChI=1S/C25H19N2O3.C23H22N3O.C18H17N2.C17H10BrN2O.C17H12ClN2O2.C6H5NO2.2C5H8O2.4Ir/c1-29-19-13-11-18(12-14-19)25-26-15-16-27(25)22-23(28)20-9-5-6-10-21(20)30-24(22)17-7-3-2-4-8-17;1-14-11-17(4)22(18(5)12-14)26-13-20(21-15(2)7-6-8-16(21)3)24-23(26)19-9-10-27-25-19;1-13-6-4-7-14(2)17(13)15-8-5-9-16(12-15)18-19-10-11-20(18)3;18-13-6-2-3-7-14(13)20-10-9-19-17(20)16-11-12-5-1-4-8-15(12)21-16;18-15-14(10-22-17(15)21)20-8-7-19-16(20)13-6-5-11-3-1-2-4-12(11)9-13;8-6(9)5-3-1-2-4-7-5;2*1-4(6)3-5(2)7;;;;/h2-11,13-16,22,24H,1H3;6-8,10-13H,1-5H3;4-8,10-12H,1-3H3;1-10H;1-5,7-9,14-15H,10H2;1-4H,(H,8,9);2*3,6H,1-2H3;;;;/q5*-1;;;;;;;. The molecule has 0 saturated carbocycles. The van der Waals surface area contributed by atoms with Gasteiger partial charge in [-0.2, -0.15) is 6.07 Å². The molecule has 2 aliphatic heterocycles. The molecule has 11 aromatic carbocycles. The number of rotatable bonds is 16. The number of ether oxygens (including phenoxy) is 3. The number of aromatic nitrogens is 12. The quantitative estimate of drug-likeness (QED) is 0.0266. The van der Waals surface area contributed by atoms with Gasteiger partial charge in [0.15, 0.2) is 28.8 Å². The molecule has 2 aliphatic rings. The maximum absolute atomic E-state index is 13.6. The average Bonchev–Trinajstić information content (AvgIpc) is 1.75. The Kier molecular flexibility index (Phi) is 42.2. The Morgan fingerprint density at radius 3 is 1.71 bits per heavy atom. The normalized spacial score (nSPS) is 13.5. The predicted molar refractivity (Wildman–Crippen MR) is 556 cm³/mol. The van der Waals surface area contributed by atoms with Gasteiger partial charge in [-0.05, 0) is 179 Å². The van der Waals surface area contributed by atoms with E-state index in [2.05, 4.69) is 196 Å². The molecule has 21 rings (SSSR count). The van der Waals surface area contributed by atoms with Crippen LogP contribution < -0.4 is 9.47 Å². The number of benzene rings is 11. The van der Waals surface area contributed by atoms with Gasteiger partial charge in [0.25, 0.3) is 0 Å². The van der Waals surface area contributed by atoms with Crippen LogP contribution in [-0.4, -0.2) is 122 Å². The molecule has 0 spiro atoms. The van der Waals surface area contributed by atoms with E-state index in [1.54, 1.807) is 43.9 Å². The van der Waals surface area contributed by atoms with E-state index in [0.717, 1.165) is 94.4 Å². The third-order valence-corrected chi connectivity index (χ3v) is 23.9. The molecule has 4 unspecified atom stereocenters. The minimum absolute atomic E-state index is 0. The summed E-state index contributed by atoms with van der Waals surface area (Å²) in [4.78, 5) is 81.6. The Labute approximate surface area is 919 Å². The van der Waals surface area contributed by atoms with Crippen molar-refractivity contribution >= 4 is 78.6 Å². The van der Waals surface area contributed by atoms with Crippen LogP contribution >= 0.6 is 27.5 Å². The molecule has 8 aromatic heterocycles. The number of imidazole rings is 5. The van der Waals surface area contributed by atoms with Crippen LogP contribution in [0, 0.1) is 78.8 Å². The molecule has 25 nitrogen and oxygen atoms in total. The van der Waals surface area contributed by atoms with Crippen LogP contribution in [0.4, 0.5) is 0 Å². The number of esters is 1. The summed E-state index contributed by atoms with van der Waals surface area (Å²) in [5.41, 5.74) is 21.1. The van der Waals surface area contributed by atoms with Crippen molar-refractivity contribution in [1.82, 2.24) is 57.9 Å². The smallest absolute Gasteiger partial charge is 0.354 e. The number of furan rings is 1. The number of halogens is 2. The number of ketones is 3. The zero-order chi connectivity index (χ0) is 101. The van der Waals surface area contributed by atoms with Gasteiger partial charge in [0.05, 0.1) is 64.8 Å². The van der Waals surface area contributed by atoms with Crippen molar-refractivity contribution in [2.75, 3.05) is 13.7 Å². The number of carbonyl (C=O) groups is 5. The second-order valence-electron chi connectivity index (χ2n) is 33.5. The van der Waals surface area contributed by atoms with E-state index in [0.29, 0.717) is 34.3 Å². The van der Waals surface area contributed by atoms with Crippen LogP contribution in [0.1, 0.15) is 111 Å². The summed E-state index contributed by atoms with van der Waals surface area (Å²) >= 11 is 9.71. The molecule has 19 aromatic rings. The first kappa shape index (κ1) is 115. The summed E-state index contributed by atoms with van der Waals surface area (Å²) in [6.45, 7) is 20.9. The number of carbonyl (C=O) groups excluding carboxylic acids is 4. The fourth-order valence-electron chi connectivity index (χ4n) is 16.6. The molecule has 1 saturated heterocycles. The number of aliphatic hydroxyl groups is 2. The number of pyridine rings is 1. The van der Waals surface area contributed by atoms with Gasteiger partial charge >= 0.3 is 11.9 Å². The molecule has 0 amide bonds. The molecule has 147 heavy (non-hydrogen) atoms. The first-order valence-corrected chi connectivity index (χ1v) is 46.6. The van der Waals surface area contributed by atoms with Crippen molar-refractivity contribution in [3.05, 3.63) is 425 Å². The topological polar surface area (TPSA) is 315 Å². The van der Waals surface area contributed by atoms with Crippen molar-refractivity contribution in [3.8, 4) is 103 Å². The minimum atomic E-state index is -0.990. The van der Waals surface area contributed by atoms with Crippen molar-refractivity contribution in [2.24, 2.45) is 7.05 Å². The summed E-state index contributed by atoms with van der Waals surface area (Å²) in [5.74, 6) is 4.25. The molecule has 3 N–H and O–H groups in total. The number of nitrogens with zero attached hydrogens (tertiary/aromatic N) is 12. The zero-order valence-corrected chi connectivity index (χ0v) is 93.9. The number of hydrogen-bond donors (Lipinski definition) is 3. The SMILES string of the molecule is Brc1ccccc1-n1ccnc1-c1[c-]c2ccccc2o1.CC(=O)C=C(C)O.CC(=O)C=C(C)O.COc1c[c-]c(-c2nccn2C2C(=O)c3ccccc3OC2c2ccccc2)cc1.Cc1cc(C)c(-n2cc(-c3c(C)cccc3C)nc2-c2[c-]con2)c(C)c1.Cc1cccc(C)c1-c1cc[c-]c(-c2nccn2C)c1.O=C(O)c1ccccn1.O=C1OCC(n2ccnc2-c2[c-]cc3ccccc3c2)C1Cl.[Ir].[Ir].[Ir].[Ir]. The fourth-order valence-corrected chi connectivity index (χ4v) is 17.3. The molecule has 4 radical (unpaired) electrons. The molecule has 31 heteroatoms. The van der Waals surface area contributed by atoms with Crippen LogP contribution in [0.3, 0.4) is 0 Å². The molecule has 0 bridgehead atoms. The van der Waals surface area contributed by atoms with Gasteiger partial charge in [0.1, 0.15) is 29.9 Å². The van der Waals surface area contributed by atoms with Crippen molar-refractivity contribution in [1.29, 1.82) is 0 Å². The number of allylic oxidation sites excluding steroid dienone is 4. The summed E-state index contributed by atoms with van der Waals surface area (Å²) in [6.07, 6.45) is 21.3. The number of Topliss-reactive ketones (excluding diaryl/α,β-unsaturated/α-hetero) is 1. The van der Waals surface area contributed by atoms with Gasteiger partial charge in [0, 0.05) is 201 Å². The largest absolute Gasteiger partial charge is 0.540 e. The number of cyclic esters (lactones) is 1. The van der Waals surface area contributed by atoms with Gasteiger partial charge < -0.3 is 66.3 Å². The number of carboxylic acid groups (broad SMARTS) is 1. The van der Waals surface area contributed by atoms with Crippen molar-refractivity contribution < 1.29 is 143 Å². The Morgan fingerprint density at radius 2 is 1.12 bits per heavy atom. The number of methoxy groups -OCH3 is 1. The van der Waals surface area contributed by atoms with Gasteiger partial charge in [-0.15, -0.1) is 129 Å². The number of fused-ring (bicyclic) bond motifs is 3. The maximum Gasteiger partial charge on any atom is 0.354 e. The van der Waals surface area contributed by atoms with E-state index in [-0.39, 0.29) is 134 Å². The van der Waals surface area contributed by atoms with E-state index < -0.39 is 23.5 Å². The zero-order valence-electron chi connectivity index (χ0n) is 82.0. The molecule has 10 heterocycles. The van der Waals surface area contributed by atoms with E-state index in [9.17, 15) is 24.0 Å². The van der Waals surface area contributed by atoms with Crippen molar-refractivity contribution in [2.45, 2.75) is 99.7 Å². The Balaban J connectivity index is 0.000000178. The number of aromatic carboxylic acids is 1. The molecular formula is C116H101BrClIr4N12O13-5. The number of aryl methyl sites for hydroxylation is 8. The minimum Gasteiger partial charge on any atom is -0.540 e. The average molecular weight is 2760 g/mol. The monoisotopic (exact) mass is 2760 g/mol. The van der Waals surface area contributed by atoms with Gasteiger partial charge in [-0.3, -0.25) is 39.1 Å². The third kappa shape index (κ3) is 28.9. The Morgan fingerprint density at radius 1 is 0.537 bits per heavy atom. The number of alkyl halides is 1. The molecule has 0 aliphatic carbocycles.